The van der Waals surface area contributed by atoms with Gasteiger partial charge in [-0.3, -0.25) is 14.6 Å². The first-order valence-electron chi connectivity index (χ1n) is 6.00. The number of aliphatic carboxylic acids is 1. The summed E-state index contributed by atoms with van der Waals surface area (Å²) in [4.78, 5) is 15.5. The number of nitrogens with zero attached hydrogens (tertiary/aromatic N) is 2. The van der Waals surface area contributed by atoms with Crippen molar-refractivity contribution in [2.45, 2.75) is 30.7 Å². The van der Waals surface area contributed by atoms with E-state index in [4.69, 9.17) is 16.7 Å². The predicted octanol–water partition coefficient (Wildman–Crippen LogP) is 0.848. The molecule has 2 heterocycles. The Morgan fingerprint density at radius 1 is 1.38 bits per heavy atom. The lowest BCUT2D eigenvalue weighted by Gasteiger charge is -2.26. The van der Waals surface area contributed by atoms with Crippen molar-refractivity contribution in [3.8, 4) is 0 Å². The molecule has 0 saturated carbocycles. The molecule has 4 nitrogen and oxygen atoms in total. The van der Waals surface area contributed by atoms with Gasteiger partial charge in [0.1, 0.15) is 5.38 Å². The van der Waals surface area contributed by atoms with Crippen molar-refractivity contribution in [3.05, 3.63) is 0 Å². The molecule has 1 N–H and O–H groups in total. The van der Waals surface area contributed by atoms with E-state index in [0.717, 1.165) is 26.1 Å². The van der Waals surface area contributed by atoms with Crippen LogP contribution in [0.1, 0.15) is 19.3 Å². The molecule has 92 valence electrons. The van der Waals surface area contributed by atoms with E-state index in [1.54, 1.807) is 0 Å². The van der Waals surface area contributed by atoms with Crippen molar-refractivity contribution in [2.75, 3.05) is 32.7 Å². The summed E-state index contributed by atoms with van der Waals surface area (Å²) in [6.07, 6.45) is 3.65. The molecule has 5 heteroatoms. The van der Waals surface area contributed by atoms with E-state index in [0.29, 0.717) is 12.6 Å². The smallest absolute Gasteiger partial charge is 0.322 e. The first kappa shape index (κ1) is 12.1. The molecule has 0 aromatic carbocycles. The second-order valence-electron chi connectivity index (χ2n) is 4.75. The van der Waals surface area contributed by atoms with Gasteiger partial charge in [-0.1, -0.05) is 0 Å². The quantitative estimate of drug-likeness (QED) is 0.750. The van der Waals surface area contributed by atoms with Gasteiger partial charge in [-0.25, -0.2) is 0 Å². The SMILES string of the molecule is O=C(O)C(Cl)CN1CCCN2CCCC2C1. The van der Waals surface area contributed by atoms with Gasteiger partial charge in [0.05, 0.1) is 0 Å². The highest BCUT2D eigenvalue weighted by Crippen LogP contribution is 2.21. The lowest BCUT2D eigenvalue weighted by Crippen LogP contribution is -2.40. The van der Waals surface area contributed by atoms with Gasteiger partial charge in [0.15, 0.2) is 0 Å². The third-order valence-electron chi connectivity index (χ3n) is 3.57. The van der Waals surface area contributed by atoms with Crippen LogP contribution in [0.5, 0.6) is 0 Å². The molecule has 2 unspecified atom stereocenters. The van der Waals surface area contributed by atoms with E-state index in [2.05, 4.69) is 9.80 Å². The highest BCUT2D eigenvalue weighted by atomic mass is 35.5. The molecule has 2 aliphatic heterocycles. The Hall–Kier alpha value is -0.320. The molecule has 0 aliphatic carbocycles. The molecule has 0 spiro atoms. The molecule has 0 amide bonds. The number of fused-ring (bicyclic) bond motifs is 1. The second kappa shape index (κ2) is 5.34. The van der Waals surface area contributed by atoms with E-state index < -0.39 is 11.3 Å². The van der Waals surface area contributed by atoms with E-state index in [9.17, 15) is 4.79 Å². The van der Waals surface area contributed by atoms with Crippen molar-refractivity contribution in [3.63, 3.8) is 0 Å². The maximum atomic E-state index is 10.7. The summed E-state index contributed by atoms with van der Waals surface area (Å²) in [6, 6.07) is 0.625. The van der Waals surface area contributed by atoms with Crippen molar-refractivity contribution in [1.82, 2.24) is 9.80 Å². The van der Waals surface area contributed by atoms with Gasteiger partial charge < -0.3 is 5.11 Å². The topological polar surface area (TPSA) is 43.8 Å². The summed E-state index contributed by atoms with van der Waals surface area (Å²) in [5, 5.41) is 8.03. The average Bonchev–Trinajstić information content (AvgIpc) is 2.57. The number of hydrogen-bond donors (Lipinski definition) is 1. The van der Waals surface area contributed by atoms with Gasteiger partial charge in [0.25, 0.3) is 0 Å². The fraction of sp³-hybridized carbons (Fsp3) is 0.909. The van der Waals surface area contributed by atoms with Crippen LogP contribution in [0, 0.1) is 0 Å². The molecule has 0 aromatic heterocycles. The molecular weight excluding hydrogens is 228 g/mol. The molecular formula is C11H19ClN2O2. The van der Waals surface area contributed by atoms with Crippen molar-refractivity contribution < 1.29 is 9.90 Å². The van der Waals surface area contributed by atoms with E-state index >= 15 is 0 Å². The highest BCUT2D eigenvalue weighted by Gasteiger charge is 2.30. The lowest BCUT2D eigenvalue weighted by atomic mass is 10.2. The Morgan fingerprint density at radius 3 is 2.88 bits per heavy atom. The summed E-state index contributed by atoms with van der Waals surface area (Å²) in [6.45, 7) is 4.80. The molecule has 0 aromatic rings. The van der Waals surface area contributed by atoms with Crippen LogP contribution in [0.4, 0.5) is 0 Å². The van der Waals surface area contributed by atoms with Crippen LogP contribution in [-0.2, 0) is 4.79 Å². The van der Waals surface area contributed by atoms with Gasteiger partial charge in [-0.15, -0.1) is 11.6 Å². The Kier molecular flexibility index (Phi) is 4.05. The highest BCUT2D eigenvalue weighted by molar-refractivity contribution is 6.29. The number of rotatable bonds is 3. The van der Waals surface area contributed by atoms with Crippen molar-refractivity contribution in [2.24, 2.45) is 0 Å². The summed E-state index contributed by atoms with van der Waals surface area (Å²) in [7, 11) is 0. The van der Waals surface area contributed by atoms with Crippen molar-refractivity contribution >= 4 is 17.6 Å². The zero-order chi connectivity index (χ0) is 11.5. The molecule has 2 aliphatic rings. The Balaban J connectivity index is 1.88. The summed E-state index contributed by atoms with van der Waals surface area (Å²) < 4.78 is 0. The molecule has 0 bridgehead atoms. The molecule has 2 fully saturated rings. The number of halogens is 1. The fourth-order valence-corrected chi connectivity index (χ4v) is 2.95. The molecule has 2 saturated heterocycles. The minimum absolute atomic E-state index is 0.473. The second-order valence-corrected chi connectivity index (χ2v) is 5.28. The predicted molar refractivity (Wildman–Crippen MR) is 62.9 cm³/mol. The Morgan fingerprint density at radius 2 is 2.12 bits per heavy atom. The summed E-state index contributed by atoms with van der Waals surface area (Å²) in [5.74, 6) is -0.908. The van der Waals surface area contributed by atoms with E-state index in [1.807, 2.05) is 0 Å². The third-order valence-corrected chi connectivity index (χ3v) is 3.90. The summed E-state index contributed by atoms with van der Waals surface area (Å²) >= 11 is 5.79. The number of carbonyl (C=O) groups is 1. The average molecular weight is 247 g/mol. The van der Waals surface area contributed by atoms with Gasteiger partial charge in [-0.05, 0) is 38.9 Å². The number of carboxylic acid groups (broad SMARTS) is 1. The van der Waals surface area contributed by atoms with Crippen LogP contribution in [0.15, 0.2) is 0 Å². The molecule has 2 rings (SSSR count). The fourth-order valence-electron chi connectivity index (χ4n) is 2.75. The van der Waals surface area contributed by atoms with Crippen molar-refractivity contribution in [1.29, 1.82) is 0 Å². The Labute approximate surface area is 101 Å². The van der Waals surface area contributed by atoms with Crippen LogP contribution in [0.2, 0.25) is 0 Å². The first-order valence-corrected chi connectivity index (χ1v) is 6.44. The maximum absolute atomic E-state index is 10.7. The first-order chi connectivity index (χ1) is 7.66. The lowest BCUT2D eigenvalue weighted by molar-refractivity contribution is -0.137. The van der Waals surface area contributed by atoms with Crippen LogP contribution < -0.4 is 0 Å². The van der Waals surface area contributed by atoms with Crippen LogP contribution in [-0.4, -0.2) is 65.0 Å². The largest absolute Gasteiger partial charge is 0.480 e. The van der Waals surface area contributed by atoms with Crippen LogP contribution in [0.25, 0.3) is 0 Å². The molecule has 16 heavy (non-hydrogen) atoms. The number of hydrogen-bond acceptors (Lipinski definition) is 3. The van der Waals surface area contributed by atoms with Crippen LogP contribution >= 0.6 is 11.6 Å². The minimum Gasteiger partial charge on any atom is -0.480 e. The zero-order valence-corrected chi connectivity index (χ0v) is 10.2. The van der Waals surface area contributed by atoms with Gasteiger partial charge in [0.2, 0.25) is 0 Å². The van der Waals surface area contributed by atoms with Gasteiger partial charge >= 0.3 is 5.97 Å². The molecule has 0 radical (unpaired) electrons. The van der Waals surface area contributed by atoms with E-state index in [1.165, 1.54) is 19.4 Å². The Bertz CT molecular complexity index is 262. The third kappa shape index (κ3) is 2.87. The monoisotopic (exact) mass is 246 g/mol. The normalized spacial score (nSPS) is 29.7. The van der Waals surface area contributed by atoms with Crippen LogP contribution in [0.3, 0.4) is 0 Å². The minimum atomic E-state index is -0.908. The zero-order valence-electron chi connectivity index (χ0n) is 9.44. The van der Waals surface area contributed by atoms with Gasteiger partial charge in [-0.2, -0.15) is 0 Å². The van der Waals surface area contributed by atoms with Gasteiger partial charge in [0, 0.05) is 19.1 Å². The summed E-state index contributed by atoms with van der Waals surface area (Å²) in [5.41, 5.74) is 0. The molecule has 2 atom stereocenters. The van der Waals surface area contributed by atoms with E-state index in [-0.39, 0.29) is 0 Å². The standard InChI is InChI=1S/C11H19ClN2O2/c12-10(11(15)16)8-13-4-2-6-14-5-1-3-9(14)7-13/h9-10H,1-8H2,(H,15,16). The maximum Gasteiger partial charge on any atom is 0.322 e. The number of alkyl halides is 1. The number of carboxylic acids is 1.